The van der Waals surface area contributed by atoms with Crippen molar-refractivity contribution in [1.82, 2.24) is 10.2 Å². The molecule has 2 aliphatic rings. The van der Waals surface area contributed by atoms with E-state index >= 15 is 0 Å². The van der Waals surface area contributed by atoms with Crippen LogP contribution in [0.3, 0.4) is 0 Å². The first-order valence-corrected chi connectivity index (χ1v) is 9.72. The van der Waals surface area contributed by atoms with Gasteiger partial charge in [0.15, 0.2) is 6.61 Å². The molecule has 144 valence electrons. The Morgan fingerprint density at radius 2 is 1.85 bits per heavy atom. The molecule has 6 nitrogen and oxygen atoms in total. The molecular formula is C20H31N3O3. The molecule has 3 rings (SSSR count). The summed E-state index contributed by atoms with van der Waals surface area (Å²) in [6.07, 6.45) is 5.00. The Kier molecular flexibility index (Phi) is 6.74. The molecule has 1 aromatic carbocycles. The highest BCUT2D eigenvalue weighted by molar-refractivity contribution is 5.68. The molecule has 0 amide bonds. The van der Waals surface area contributed by atoms with Crippen molar-refractivity contribution in [2.45, 2.75) is 31.7 Å². The zero-order chi connectivity index (χ0) is 18.4. The number of hydrogen-bond acceptors (Lipinski definition) is 5. The molecule has 0 aromatic heterocycles. The average Bonchev–Trinajstić information content (AvgIpc) is 2.68. The Bertz CT molecular complexity index is 564. The molecule has 0 spiro atoms. The minimum atomic E-state index is -0.954. The van der Waals surface area contributed by atoms with Gasteiger partial charge in [0, 0.05) is 31.4 Å². The highest BCUT2D eigenvalue weighted by atomic mass is 16.5. The molecule has 0 aliphatic carbocycles. The number of piperidine rings is 2. The molecular weight excluding hydrogens is 330 g/mol. The standard InChI is InChI=1S/C20H31N3O3/c1-22(14-16-6-10-21-11-7-16)17-8-12-23(13-9-17)18-2-4-19(5-3-18)26-15-20(24)25/h2-5,16-17,21H,6-15H2,1H3,(H,24,25). The summed E-state index contributed by atoms with van der Waals surface area (Å²) in [6, 6.07) is 8.44. The molecule has 2 saturated heterocycles. The maximum Gasteiger partial charge on any atom is 0.341 e. The maximum atomic E-state index is 10.6. The third kappa shape index (κ3) is 5.35. The van der Waals surface area contributed by atoms with Crippen molar-refractivity contribution in [3.63, 3.8) is 0 Å². The Hall–Kier alpha value is -1.79. The van der Waals surface area contributed by atoms with Crippen LogP contribution in [0.25, 0.3) is 0 Å². The Morgan fingerprint density at radius 3 is 2.46 bits per heavy atom. The molecule has 2 aliphatic heterocycles. The fourth-order valence-corrected chi connectivity index (χ4v) is 4.08. The Labute approximate surface area is 156 Å². The van der Waals surface area contributed by atoms with E-state index in [0.29, 0.717) is 11.8 Å². The van der Waals surface area contributed by atoms with Crippen molar-refractivity contribution in [1.29, 1.82) is 0 Å². The van der Waals surface area contributed by atoms with Crippen LogP contribution in [0.5, 0.6) is 5.75 Å². The second-order valence-corrected chi connectivity index (χ2v) is 7.53. The number of hydrogen-bond donors (Lipinski definition) is 2. The number of nitrogens with one attached hydrogen (secondary N) is 1. The van der Waals surface area contributed by atoms with Crippen LogP contribution in [-0.4, -0.2) is 68.4 Å². The van der Waals surface area contributed by atoms with E-state index < -0.39 is 5.97 Å². The highest BCUT2D eigenvalue weighted by Crippen LogP contribution is 2.25. The summed E-state index contributed by atoms with van der Waals surface area (Å²) in [7, 11) is 2.29. The summed E-state index contributed by atoms with van der Waals surface area (Å²) >= 11 is 0. The van der Waals surface area contributed by atoms with Gasteiger partial charge < -0.3 is 25.0 Å². The van der Waals surface area contributed by atoms with Gasteiger partial charge in [-0.2, -0.15) is 0 Å². The lowest BCUT2D eigenvalue weighted by molar-refractivity contribution is -0.139. The lowest BCUT2D eigenvalue weighted by atomic mass is 9.95. The van der Waals surface area contributed by atoms with Gasteiger partial charge in [-0.25, -0.2) is 4.79 Å². The van der Waals surface area contributed by atoms with Gasteiger partial charge >= 0.3 is 5.97 Å². The van der Waals surface area contributed by atoms with Crippen LogP contribution in [0.4, 0.5) is 5.69 Å². The molecule has 0 unspecified atom stereocenters. The summed E-state index contributed by atoms with van der Waals surface area (Å²) < 4.78 is 5.20. The summed E-state index contributed by atoms with van der Waals surface area (Å²) in [5.74, 6) is 0.495. The van der Waals surface area contributed by atoms with E-state index in [-0.39, 0.29) is 6.61 Å². The van der Waals surface area contributed by atoms with Gasteiger partial charge in [-0.05, 0) is 76.0 Å². The third-order valence-corrected chi connectivity index (χ3v) is 5.66. The highest BCUT2D eigenvalue weighted by Gasteiger charge is 2.25. The summed E-state index contributed by atoms with van der Waals surface area (Å²) in [6.45, 7) is 5.40. The van der Waals surface area contributed by atoms with E-state index in [0.717, 1.165) is 19.0 Å². The molecule has 0 saturated carbocycles. The second-order valence-electron chi connectivity index (χ2n) is 7.53. The SMILES string of the molecule is CN(CC1CCNCC1)C1CCN(c2ccc(OCC(=O)O)cc2)CC1. The van der Waals surface area contributed by atoms with Crippen LogP contribution in [0.1, 0.15) is 25.7 Å². The van der Waals surface area contributed by atoms with Crippen LogP contribution >= 0.6 is 0 Å². The van der Waals surface area contributed by atoms with Crippen molar-refractivity contribution in [3.8, 4) is 5.75 Å². The predicted octanol–water partition coefficient (Wildman–Crippen LogP) is 2.05. The zero-order valence-electron chi connectivity index (χ0n) is 15.7. The van der Waals surface area contributed by atoms with Gasteiger partial charge in [0.2, 0.25) is 0 Å². The molecule has 6 heteroatoms. The predicted molar refractivity (Wildman–Crippen MR) is 103 cm³/mol. The van der Waals surface area contributed by atoms with Gasteiger partial charge in [-0.3, -0.25) is 0 Å². The quantitative estimate of drug-likeness (QED) is 0.775. The topological polar surface area (TPSA) is 65.0 Å². The van der Waals surface area contributed by atoms with E-state index in [9.17, 15) is 4.79 Å². The van der Waals surface area contributed by atoms with Gasteiger partial charge in [-0.1, -0.05) is 0 Å². The maximum absolute atomic E-state index is 10.6. The van der Waals surface area contributed by atoms with Crippen LogP contribution in [-0.2, 0) is 4.79 Å². The lowest BCUT2D eigenvalue weighted by Gasteiger charge is -2.39. The Balaban J connectivity index is 1.44. The zero-order valence-corrected chi connectivity index (χ0v) is 15.7. The number of anilines is 1. The van der Waals surface area contributed by atoms with Crippen molar-refractivity contribution >= 4 is 11.7 Å². The first-order chi connectivity index (χ1) is 12.6. The van der Waals surface area contributed by atoms with Crippen LogP contribution in [0.15, 0.2) is 24.3 Å². The monoisotopic (exact) mass is 361 g/mol. The molecule has 2 N–H and O–H groups in total. The van der Waals surface area contributed by atoms with Crippen LogP contribution in [0.2, 0.25) is 0 Å². The van der Waals surface area contributed by atoms with Crippen molar-refractivity contribution in [2.75, 3.05) is 51.3 Å². The summed E-state index contributed by atoms with van der Waals surface area (Å²) in [5.41, 5.74) is 1.19. The van der Waals surface area contributed by atoms with E-state index in [1.807, 2.05) is 24.3 Å². The normalized spacial score (nSPS) is 19.7. The lowest BCUT2D eigenvalue weighted by Crippen LogP contribution is -2.45. The largest absolute Gasteiger partial charge is 0.482 e. The fraction of sp³-hybridized carbons (Fsp3) is 0.650. The van der Waals surface area contributed by atoms with Gasteiger partial charge in [0.1, 0.15) is 5.75 Å². The number of aliphatic carboxylic acids is 1. The molecule has 0 radical (unpaired) electrons. The number of carboxylic acid groups (broad SMARTS) is 1. The van der Waals surface area contributed by atoms with Gasteiger partial charge in [0.25, 0.3) is 0 Å². The second kappa shape index (κ2) is 9.24. The van der Waals surface area contributed by atoms with E-state index in [4.69, 9.17) is 9.84 Å². The van der Waals surface area contributed by atoms with Crippen molar-refractivity contribution in [3.05, 3.63) is 24.3 Å². The molecule has 2 heterocycles. The van der Waals surface area contributed by atoms with E-state index in [1.165, 1.54) is 51.0 Å². The van der Waals surface area contributed by atoms with Gasteiger partial charge in [0.05, 0.1) is 0 Å². The van der Waals surface area contributed by atoms with E-state index in [2.05, 4.69) is 22.2 Å². The number of carbonyl (C=O) groups is 1. The van der Waals surface area contributed by atoms with Crippen LogP contribution < -0.4 is 15.0 Å². The number of benzene rings is 1. The molecule has 2 fully saturated rings. The van der Waals surface area contributed by atoms with Crippen molar-refractivity contribution in [2.24, 2.45) is 5.92 Å². The number of ether oxygens (including phenoxy) is 1. The number of rotatable bonds is 7. The number of nitrogens with zero attached hydrogens (tertiary/aromatic N) is 2. The summed E-state index contributed by atoms with van der Waals surface area (Å²) in [4.78, 5) is 15.6. The fourth-order valence-electron chi connectivity index (χ4n) is 4.08. The van der Waals surface area contributed by atoms with Crippen LogP contribution in [0, 0.1) is 5.92 Å². The first kappa shape index (κ1) is 19.0. The minimum absolute atomic E-state index is 0.297. The molecule has 26 heavy (non-hydrogen) atoms. The van der Waals surface area contributed by atoms with Gasteiger partial charge in [-0.15, -0.1) is 0 Å². The molecule has 0 atom stereocenters. The molecule has 1 aromatic rings. The number of carboxylic acids is 1. The molecule has 0 bridgehead atoms. The first-order valence-electron chi connectivity index (χ1n) is 9.72. The minimum Gasteiger partial charge on any atom is -0.482 e. The smallest absolute Gasteiger partial charge is 0.341 e. The third-order valence-electron chi connectivity index (χ3n) is 5.66. The van der Waals surface area contributed by atoms with Crippen molar-refractivity contribution < 1.29 is 14.6 Å². The Morgan fingerprint density at radius 1 is 1.19 bits per heavy atom. The average molecular weight is 361 g/mol. The summed E-state index contributed by atoms with van der Waals surface area (Å²) in [5, 5.41) is 12.1. The van der Waals surface area contributed by atoms with E-state index in [1.54, 1.807) is 0 Å².